The van der Waals surface area contributed by atoms with Crippen LogP contribution in [0.1, 0.15) is 109 Å². The van der Waals surface area contributed by atoms with Gasteiger partial charge in [0.05, 0.1) is 5.69 Å². The van der Waals surface area contributed by atoms with Crippen molar-refractivity contribution in [2.24, 2.45) is 23.7 Å². The van der Waals surface area contributed by atoms with Crippen LogP contribution in [0, 0.1) is 49.7 Å². The minimum atomic E-state index is -0.118. The maximum Gasteiger partial charge on any atom is 2.00 e. The summed E-state index contributed by atoms with van der Waals surface area (Å²) in [5, 5.41) is 7.51. The minimum absolute atomic E-state index is 0. The predicted octanol–water partition coefficient (Wildman–Crippen LogP) is 12.6. The van der Waals surface area contributed by atoms with Gasteiger partial charge in [-0.2, -0.15) is 11.2 Å². The molecule has 1 unspecified atom stereocenters. The largest absolute Gasteiger partial charge is 2.00 e. The number of aryl methyl sites for hydroxylation is 1. The normalized spacial score (nSPS) is 16.4. The van der Waals surface area contributed by atoms with Gasteiger partial charge in [-0.3, -0.25) is 4.68 Å². The van der Waals surface area contributed by atoms with E-state index < -0.39 is 0 Å². The molecule has 7 rings (SSSR count). The molecule has 0 spiro atoms. The Bertz CT molecular complexity index is 2320. The van der Waals surface area contributed by atoms with Gasteiger partial charge in [0.15, 0.2) is 0 Å². The third-order valence-corrected chi connectivity index (χ3v) is 11.2. The van der Waals surface area contributed by atoms with E-state index in [1.165, 1.54) is 28.6 Å². The second kappa shape index (κ2) is 15.7. The van der Waals surface area contributed by atoms with Crippen molar-refractivity contribution < 1.29 is 25.8 Å². The Hall–Kier alpha value is -3.95. The zero-order valence-electron chi connectivity index (χ0n) is 33.9. The standard InChI is InChI=1S/C48H56N4O.Pt/c1-29(2)23-34-21-22-49-45(24-34)51-43-18-13-12-15-41(43)42-20-19-37(28-44(42)51)53-38-26-35(48(9,10)11)25-36(27-38)52-33(8)46(32(7)50-52)47-39(30(3)4)16-14-17-40(47)31(5)6;/h12-13,15-16,18-22,24-26,29-31,40,47H,14,17,23H2,1-11H3;/q-2;+2/t40-,47?;/m1./s1. The summed E-state index contributed by atoms with van der Waals surface area (Å²) in [6.45, 7) is 25.1. The van der Waals surface area contributed by atoms with Crippen LogP contribution < -0.4 is 4.74 Å². The molecule has 3 aromatic heterocycles. The SMILES string of the molecule is Cc1nn(-c2[c-]c(Oc3[c-]c4c(cc3)c3ccccc3n4-c3cc(CC(C)C)ccn3)cc(C(C)(C)C)c2)c(C)c1C1C(C(C)C)=CCC[C@@H]1C(C)C.[Pt+2]. The third-order valence-electron chi connectivity index (χ3n) is 11.2. The number of para-hydroxylation sites is 1. The summed E-state index contributed by atoms with van der Waals surface area (Å²) in [6.07, 6.45) is 7.80. The van der Waals surface area contributed by atoms with Crippen molar-refractivity contribution in [2.45, 2.75) is 107 Å². The quantitative estimate of drug-likeness (QED) is 0.107. The molecule has 0 saturated heterocycles. The van der Waals surface area contributed by atoms with Crippen LogP contribution in [-0.4, -0.2) is 19.3 Å². The topological polar surface area (TPSA) is 44.9 Å². The van der Waals surface area contributed by atoms with E-state index in [2.05, 4.69) is 158 Å². The van der Waals surface area contributed by atoms with Crippen LogP contribution in [0.25, 0.3) is 33.3 Å². The van der Waals surface area contributed by atoms with Crippen molar-refractivity contribution in [1.82, 2.24) is 19.3 Å². The molecule has 54 heavy (non-hydrogen) atoms. The van der Waals surface area contributed by atoms with Crippen LogP contribution in [-0.2, 0) is 32.9 Å². The first kappa shape index (κ1) is 39.7. The van der Waals surface area contributed by atoms with Gasteiger partial charge in [-0.15, -0.1) is 41.3 Å². The van der Waals surface area contributed by atoms with E-state index in [-0.39, 0.29) is 26.5 Å². The summed E-state index contributed by atoms with van der Waals surface area (Å²) in [5.74, 6) is 4.77. The van der Waals surface area contributed by atoms with E-state index in [9.17, 15) is 0 Å². The number of nitrogens with zero attached hydrogens (tertiary/aromatic N) is 4. The van der Waals surface area contributed by atoms with Gasteiger partial charge in [0.1, 0.15) is 5.82 Å². The van der Waals surface area contributed by atoms with Gasteiger partial charge in [0, 0.05) is 40.4 Å². The Morgan fingerprint density at radius 1 is 0.889 bits per heavy atom. The Morgan fingerprint density at radius 3 is 2.35 bits per heavy atom. The first-order valence-electron chi connectivity index (χ1n) is 19.6. The van der Waals surface area contributed by atoms with E-state index in [4.69, 9.17) is 14.8 Å². The fourth-order valence-corrected chi connectivity index (χ4v) is 8.62. The van der Waals surface area contributed by atoms with Gasteiger partial charge >= 0.3 is 21.1 Å². The second-order valence-corrected chi connectivity index (χ2v) is 17.3. The van der Waals surface area contributed by atoms with E-state index in [1.807, 2.05) is 12.3 Å². The van der Waals surface area contributed by atoms with E-state index >= 15 is 0 Å². The molecule has 1 aliphatic rings. The Labute approximate surface area is 337 Å². The van der Waals surface area contributed by atoms with Crippen molar-refractivity contribution >= 4 is 21.8 Å². The van der Waals surface area contributed by atoms with E-state index in [0.717, 1.165) is 52.0 Å². The van der Waals surface area contributed by atoms with Crippen molar-refractivity contribution in [3.8, 4) is 23.0 Å². The summed E-state index contributed by atoms with van der Waals surface area (Å²) in [4.78, 5) is 4.85. The van der Waals surface area contributed by atoms with E-state index in [1.54, 1.807) is 5.57 Å². The number of pyridine rings is 1. The molecule has 0 N–H and O–H groups in total. The smallest absolute Gasteiger partial charge is 0.509 e. The van der Waals surface area contributed by atoms with Crippen LogP contribution >= 0.6 is 0 Å². The zero-order chi connectivity index (χ0) is 37.8. The number of hydrogen-bond donors (Lipinski definition) is 0. The third kappa shape index (κ3) is 7.63. The molecule has 0 bridgehead atoms. The van der Waals surface area contributed by atoms with Crippen LogP contribution in [0.15, 0.2) is 78.5 Å². The van der Waals surface area contributed by atoms with Gasteiger partial charge in [-0.1, -0.05) is 97.7 Å². The molecule has 0 fully saturated rings. The minimum Gasteiger partial charge on any atom is -0.509 e. The Balaban J connectivity index is 0.00000497. The molecular weight excluding hydrogens is 844 g/mol. The second-order valence-electron chi connectivity index (χ2n) is 17.3. The molecule has 3 aromatic carbocycles. The van der Waals surface area contributed by atoms with Gasteiger partial charge in [0.2, 0.25) is 0 Å². The number of benzene rings is 3. The molecule has 5 nitrogen and oxygen atoms in total. The average molecular weight is 900 g/mol. The maximum atomic E-state index is 6.74. The predicted molar refractivity (Wildman–Crippen MR) is 220 cm³/mol. The van der Waals surface area contributed by atoms with Crippen molar-refractivity contribution in [1.29, 1.82) is 0 Å². The van der Waals surface area contributed by atoms with Crippen molar-refractivity contribution in [2.75, 3.05) is 0 Å². The summed E-state index contributed by atoms with van der Waals surface area (Å²) < 4.78 is 11.1. The molecule has 3 heterocycles. The molecule has 6 aromatic rings. The van der Waals surface area contributed by atoms with E-state index in [0.29, 0.717) is 41.1 Å². The molecule has 2 atom stereocenters. The number of rotatable bonds is 9. The van der Waals surface area contributed by atoms with Crippen molar-refractivity contribution in [3.05, 3.63) is 119 Å². The molecule has 284 valence electrons. The maximum absolute atomic E-state index is 6.74. The summed E-state index contributed by atoms with van der Waals surface area (Å²) in [7, 11) is 0. The van der Waals surface area contributed by atoms with Crippen LogP contribution in [0.3, 0.4) is 0 Å². The molecule has 0 radical (unpaired) electrons. The number of fused-ring (bicyclic) bond motifs is 3. The van der Waals surface area contributed by atoms with Gasteiger partial charge in [-0.05, 0) is 97.0 Å². The first-order valence-corrected chi connectivity index (χ1v) is 19.6. The summed E-state index contributed by atoms with van der Waals surface area (Å²) in [6, 6.07) is 28.7. The van der Waals surface area contributed by atoms with Crippen LogP contribution in [0.2, 0.25) is 0 Å². The molecule has 6 heteroatoms. The van der Waals surface area contributed by atoms with Gasteiger partial charge in [0.25, 0.3) is 0 Å². The molecular formula is C48H56N4OPt. The Morgan fingerprint density at radius 2 is 1.65 bits per heavy atom. The fraction of sp³-hybridized carbons (Fsp3) is 0.417. The van der Waals surface area contributed by atoms with Crippen LogP contribution in [0.5, 0.6) is 11.5 Å². The first-order chi connectivity index (χ1) is 25.2. The number of hydrogen-bond acceptors (Lipinski definition) is 3. The van der Waals surface area contributed by atoms with Crippen LogP contribution in [0.4, 0.5) is 0 Å². The number of allylic oxidation sites excluding steroid dienone is 2. The molecule has 1 aliphatic carbocycles. The van der Waals surface area contributed by atoms with Gasteiger partial charge < -0.3 is 9.30 Å². The average Bonchev–Trinajstić information content (AvgIpc) is 3.59. The summed E-state index contributed by atoms with van der Waals surface area (Å²) in [5.41, 5.74) is 10.5. The van der Waals surface area contributed by atoms with Crippen molar-refractivity contribution in [3.63, 3.8) is 0 Å². The zero-order valence-corrected chi connectivity index (χ0v) is 36.2. The number of aromatic nitrogens is 4. The number of ether oxygens (including phenoxy) is 1. The summed E-state index contributed by atoms with van der Waals surface area (Å²) >= 11 is 0. The molecule has 0 amide bonds. The molecule has 0 saturated carbocycles. The fourth-order valence-electron chi connectivity index (χ4n) is 8.62. The van der Waals surface area contributed by atoms with Gasteiger partial charge in [-0.25, -0.2) is 4.98 Å². The molecule has 0 aliphatic heterocycles. The Kier molecular flexibility index (Phi) is 11.5. The monoisotopic (exact) mass is 899 g/mol.